The number of aliphatic hydroxyl groups excluding tert-OH is 1. The van der Waals surface area contributed by atoms with E-state index >= 15 is 0 Å². The molecule has 0 bridgehead atoms. The first kappa shape index (κ1) is 15.7. The lowest BCUT2D eigenvalue weighted by Crippen LogP contribution is -2.21. The predicted octanol–water partition coefficient (Wildman–Crippen LogP) is 4.54. The van der Waals surface area contributed by atoms with E-state index in [1.54, 1.807) is 23.5 Å². The van der Waals surface area contributed by atoms with Gasteiger partial charge in [-0.3, -0.25) is 4.79 Å². The zero-order valence-electron chi connectivity index (χ0n) is 11.3. The van der Waals surface area contributed by atoms with Crippen LogP contribution in [0.25, 0.3) is 0 Å². The molecule has 2 N–H and O–H groups in total. The van der Waals surface area contributed by atoms with Crippen molar-refractivity contribution in [1.29, 1.82) is 0 Å². The molecule has 0 unspecified atom stereocenters. The summed E-state index contributed by atoms with van der Waals surface area (Å²) in [6.45, 7) is 0.440. The molecule has 1 atom stereocenters. The van der Waals surface area contributed by atoms with Crippen LogP contribution in [0.1, 0.15) is 31.1 Å². The Labute approximate surface area is 144 Å². The highest BCUT2D eigenvalue weighted by Gasteiger charge is 2.14. The van der Waals surface area contributed by atoms with Gasteiger partial charge in [-0.25, -0.2) is 0 Å². The van der Waals surface area contributed by atoms with Gasteiger partial charge in [0.15, 0.2) is 0 Å². The van der Waals surface area contributed by atoms with E-state index in [2.05, 4.69) is 5.32 Å². The fraction of sp³-hybridized carbons (Fsp3) is 0.133. The van der Waals surface area contributed by atoms with Gasteiger partial charge in [-0.15, -0.1) is 22.7 Å². The molecule has 0 spiro atoms. The van der Waals surface area contributed by atoms with Crippen molar-refractivity contribution in [3.05, 3.63) is 65.6 Å². The summed E-state index contributed by atoms with van der Waals surface area (Å²) in [6.07, 6.45) is -0.600. The molecule has 3 aromatic heterocycles. The summed E-state index contributed by atoms with van der Waals surface area (Å²) in [5.41, 5.74) is 0.899. The fourth-order valence-electron chi connectivity index (χ4n) is 1.92. The van der Waals surface area contributed by atoms with E-state index in [9.17, 15) is 9.90 Å². The van der Waals surface area contributed by atoms with Crippen molar-refractivity contribution in [1.82, 2.24) is 5.32 Å². The average Bonchev–Trinajstić information content (AvgIpc) is 3.25. The van der Waals surface area contributed by atoms with Crippen LogP contribution in [-0.4, -0.2) is 11.0 Å². The molecular formula is C15H12ClNO2S3. The molecule has 3 aromatic rings. The predicted molar refractivity (Wildman–Crippen MR) is 93.2 cm³/mol. The lowest BCUT2D eigenvalue weighted by Gasteiger charge is -2.05. The fourth-order valence-corrected chi connectivity index (χ4v) is 4.53. The van der Waals surface area contributed by atoms with E-state index in [0.717, 1.165) is 15.3 Å². The molecule has 0 saturated carbocycles. The summed E-state index contributed by atoms with van der Waals surface area (Å²) in [7, 11) is 0. The number of aliphatic hydroxyl groups is 1. The first-order valence-electron chi connectivity index (χ1n) is 6.46. The van der Waals surface area contributed by atoms with E-state index < -0.39 is 6.10 Å². The van der Waals surface area contributed by atoms with Crippen LogP contribution >= 0.6 is 45.6 Å². The number of thiophene rings is 3. The quantitative estimate of drug-likeness (QED) is 0.693. The Bertz CT molecular complexity index is 763. The van der Waals surface area contributed by atoms with E-state index in [1.165, 1.54) is 22.7 Å². The summed E-state index contributed by atoms with van der Waals surface area (Å²) in [6, 6.07) is 9.16. The number of nitrogens with one attached hydrogen (secondary N) is 1. The van der Waals surface area contributed by atoms with Crippen LogP contribution in [0.2, 0.25) is 4.34 Å². The highest BCUT2D eigenvalue weighted by atomic mass is 35.5. The van der Waals surface area contributed by atoms with Crippen molar-refractivity contribution in [2.45, 2.75) is 12.6 Å². The first-order valence-corrected chi connectivity index (χ1v) is 9.41. The molecule has 22 heavy (non-hydrogen) atoms. The normalized spacial score (nSPS) is 12.3. The van der Waals surface area contributed by atoms with Gasteiger partial charge in [0.05, 0.1) is 15.8 Å². The van der Waals surface area contributed by atoms with Crippen LogP contribution in [0.4, 0.5) is 0 Å². The van der Waals surface area contributed by atoms with Crippen LogP contribution in [0.5, 0.6) is 0 Å². The maximum atomic E-state index is 12.0. The molecule has 3 rings (SSSR count). The SMILES string of the molecule is O=C(NCc1ccc([C@@H](O)c2ccsc2)s1)c1ccc(Cl)s1. The van der Waals surface area contributed by atoms with Gasteiger partial charge >= 0.3 is 0 Å². The number of hydrogen-bond acceptors (Lipinski definition) is 5. The molecule has 0 aliphatic heterocycles. The summed E-state index contributed by atoms with van der Waals surface area (Å²) in [5, 5.41) is 17.0. The molecule has 0 radical (unpaired) electrons. The van der Waals surface area contributed by atoms with Gasteiger partial charge < -0.3 is 10.4 Å². The Morgan fingerprint density at radius 2 is 2.09 bits per heavy atom. The number of carbonyl (C=O) groups is 1. The Morgan fingerprint density at radius 3 is 2.77 bits per heavy atom. The van der Waals surface area contributed by atoms with Gasteiger partial charge in [-0.2, -0.15) is 11.3 Å². The molecule has 3 heterocycles. The molecule has 0 aliphatic carbocycles. The minimum atomic E-state index is -0.600. The second-order valence-electron chi connectivity index (χ2n) is 4.55. The zero-order valence-corrected chi connectivity index (χ0v) is 14.5. The second kappa shape index (κ2) is 6.93. The number of hydrogen-bond donors (Lipinski definition) is 2. The smallest absolute Gasteiger partial charge is 0.261 e. The average molecular weight is 370 g/mol. The lowest BCUT2D eigenvalue weighted by molar-refractivity contribution is 0.0955. The molecule has 0 aliphatic rings. The third kappa shape index (κ3) is 3.59. The number of rotatable bonds is 5. The molecule has 114 valence electrons. The topological polar surface area (TPSA) is 49.3 Å². The Hall–Kier alpha value is -1.18. The van der Waals surface area contributed by atoms with Gasteiger partial charge in [0, 0.05) is 9.75 Å². The Morgan fingerprint density at radius 1 is 1.23 bits per heavy atom. The largest absolute Gasteiger partial charge is 0.383 e. The zero-order chi connectivity index (χ0) is 15.5. The standard InChI is InChI=1S/C15H12ClNO2S3/c16-13-4-3-12(22-13)15(19)17-7-10-1-2-11(21-10)14(18)9-5-6-20-8-9/h1-6,8,14,18H,7H2,(H,17,19)/t14-/m0/s1. The third-order valence-electron chi connectivity index (χ3n) is 3.03. The second-order valence-corrected chi connectivity index (χ2v) is 8.24. The number of carbonyl (C=O) groups excluding carboxylic acids is 1. The van der Waals surface area contributed by atoms with Crippen molar-refractivity contribution in [2.24, 2.45) is 0 Å². The molecule has 0 fully saturated rings. The van der Waals surface area contributed by atoms with Crippen molar-refractivity contribution in [3.8, 4) is 0 Å². The van der Waals surface area contributed by atoms with Gasteiger partial charge in [0.1, 0.15) is 6.10 Å². The highest BCUT2D eigenvalue weighted by molar-refractivity contribution is 7.18. The molecule has 0 aromatic carbocycles. The van der Waals surface area contributed by atoms with Crippen LogP contribution in [0, 0.1) is 0 Å². The molecule has 0 saturated heterocycles. The lowest BCUT2D eigenvalue weighted by atomic mass is 10.2. The summed E-state index contributed by atoms with van der Waals surface area (Å²) < 4.78 is 0.599. The van der Waals surface area contributed by atoms with Crippen LogP contribution < -0.4 is 5.32 Å². The number of amides is 1. The minimum Gasteiger partial charge on any atom is -0.383 e. The molecule has 1 amide bonds. The molecule has 3 nitrogen and oxygen atoms in total. The monoisotopic (exact) mass is 369 g/mol. The van der Waals surface area contributed by atoms with Crippen molar-refractivity contribution < 1.29 is 9.90 Å². The van der Waals surface area contributed by atoms with E-state index in [-0.39, 0.29) is 5.91 Å². The Kier molecular flexibility index (Phi) is 4.95. The number of halogens is 1. The third-order valence-corrected chi connectivity index (χ3v) is 6.10. The van der Waals surface area contributed by atoms with Gasteiger partial charge in [0.2, 0.25) is 0 Å². The maximum Gasteiger partial charge on any atom is 0.261 e. The van der Waals surface area contributed by atoms with Gasteiger partial charge in [-0.05, 0) is 46.7 Å². The maximum absolute atomic E-state index is 12.0. The van der Waals surface area contributed by atoms with Crippen LogP contribution in [-0.2, 0) is 6.54 Å². The van der Waals surface area contributed by atoms with E-state index in [4.69, 9.17) is 11.6 Å². The van der Waals surface area contributed by atoms with Crippen molar-refractivity contribution in [2.75, 3.05) is 0 Å². The van der Waals surface area contributed by atoms with Crippen LogP contribution in [0.3, 0.4) is 0 Å². The highest BCUT2D eigenvalue weighted by Crippen LogP contribution is 2.29. The summed E-state index contributed by atoms with van der Waals surface area (Å²) in [4.78, 5) is 14.4. The minimum absolute atomic E-state index is 0.134. The van der Waals surface area contributed by atoms with Gasteiger partial charge in [0.25, 0.3) is 5.91 Å². The summed E-state index contributed by atoms with van der Waals surface area (Å²) in [5.74, 6) is -0.134. The Balaban J connectivity index is 1.61. The van der Waals surface area contributed by atoms with E-state index in [1.807, 2.05) is 29.0 Å². The van der Waals surface area contributed by atoms with Crippen molar-refractivity contribution in [3.63, 3.8) is 0 Å². The van der Waals surface area contributed by atoms with Gasteiger partial charge in [-0.1, -0.05) is 11.6 Å². The molecule has 7 heteroatoms. The first-order chi connectivity index (χ1) is 10.6. The van der Waals surface area contributed by atoms with Crippen LogP contribution in [0.15, 0.2) is 41.1 Å². The summed E-state index contributed by atoms with van der Waals surface area (Å²) >= 11 is 10.1. The van der Waals surface area contributed by atoms with Crippen molar-refractivity contribution >= 4 is 51.5 Å². The molecular weight excluding hydrogens is 358 g/mol. The van der Waals surface area contributed by atoms with E-state index in [0.29, 0.717) is 15.8 Å².